The van der Waals surface area contributed by atoms with Crippen LogP contribution in [0.25, 0.3) is 0 Å². The van der Waals surface area contributed by atoms with E-state index in [2.05, 4.69) is 69.3 Å². The zero-order chi connectivity index (χ0) is 39.7. The van der Waals surface area contributed by atoms with Gasteiger partial charge in [-0.25, -0.2) is 0 Å². The van der Waals surface area contributed by atoms with Crippen molar-refractivity contribution in [2.75, 3.05) is 39.3 Å². The van der Waals surface area contributed by atoms with Crippen LogP contribution in [0.15, 0.2) is 23.8 Å². The summed E-state index contributed by atoms with van der Waals surface area (Å²) < 4.78 is 6.18. The lowest BCUT2D eigenvalue weighted by molar-refractivity contribution is -0.197. The van der Waals surface area contributed by atoms with Crippen molar-refractivity contribution in [3.8, 4) is 0 Å². The van der Waals surface area contributed by atoms with Crippen LogP contribution in [0.5, 0.6) is 0 Å². The summed E-state index contributed by atoms with van der Waals surface area (Å²) in [5, 5.41) is 13.3. The molecular weight excluding hydrogens is 687 g/mol. The molecule has 8 nitrogen and oxygen atoms in total. The Morgan fingerprint density at radius 2 is 1.64 bits per heavy atom. The lowest BCUT2D eigenvalue weighted by atomic mass is 9.38. The summed E-state index contributed by atoms with van der Waals surface area (Å²) in [6.45, 7) is 29.0. The van der Waals surface area contributed by atoms with E-state index in [9.17, 15) is 19.5 Å². The Hall–Kier alpha value is -2.19. The Labute approximate surface area is 333 Å². The number of piperazine rings is 1. The molecule has 6 fully saturated rings. The van der Waals surface area contributed by atoms with Crippen LogP contribution in [0, 0.1) is 62.6 Å². The van der Waals surface area contributed by atoms with Crippen LogP contribution in [0.1, 0.15) is 139 Å². The van der Waals surface area contributed by atoms with Crippen molar-refractivity contribution in [3.05, 3.63) is 23.8 Å². The number of amides is 1. The van der Waals surface area contributed by atoms with E-state index in [1.54, 1.807) is 19.4 Å². The highest BCUT2D eigenvalue weighted by Gasteiger charge is 2.67. The van der Waals surface area contributed by atoms with Gasteiger partial charge >= 0.3 is 11.9 Å². The van der Waals surface area contributed by atoms with Crippen LogP contribution in [0.2, 0.25) is 0 Å². The number of ether oxygens (including phenoxy) is 1. The van der Waals surface area contributed by atoms with Gasteiger partial charge in [0.1, 0.15) is 6.10 Å². The van der Waals surface area contributed by atoms with E-state index >= 15 is 0 Å². The number of carbonyl (C=O) groups is 3. The molecule has 7 rings (SSSR count). The predicted molar refractivity (Wildman–Crippen MR) is 218 cm³/mol. The quantitative estimate of drug-likeness (QED) is 0.170. The predicted octanol–water partition coefficient (Wildman–Crippen LogP) is 8.51. The summed E-state index contributed by atoms with van der Waals surface area (Å²) in [5.41, 5.74) is 1.42. The summed E-state index contributed by atoms with van der Waals surface area (Å²) in [4.78, 5) is 44.9. The molecule has 6 aliphatic carbocycles. The number of likely N-dealkylation sites (N-methyl/N-ethyl adjacent to an activating group) is 1. The van der Waals surface area contributed by atoms with E-state index in [1.165, 1.54) is 51.1 Å². The number of nitrogens with zero attached hydrogens (tertiary/aromatic N) is 2. The Morgan fingerprint density at radius 1 is 0.927 bits per heavy atom. The summed E-state index contributed by atoms with van der Waals surface area (Å²) in [6, 6.07) is 0.295. The number of fused-ring (bicyclic) bond motifs is 7. The molecule has 0 aromatic heterocycles. The monoisotopic (exact) mass is 762 g/mol. The van der Waals surface area contributed by atoms with Crippen LogP contribution in [-0.2, 0) is 19.1 Å². The number of hydrogen-bond donors (Lipinski definition) is 2. The van der Waals surface area contributed by atoms with Crippen LogP contribution in [-0.4, -0.2) is 84.2 Å². The standard InChI is InChI=1S/C47H75N3O5/c1-10-49-23-25-50(26-24-49)29-31-11-12-32(27-31)48-41(52)47-21-15-33(30(2)3)40(47)34-13-14-37-45(8,35(34)16-22-47)19-17-36-44(6,7)38(18-20-46(36,37)9)55-39(51)28-43(4,5)42(53)54/h16,31-34,36-38,40H,2,10-15,17-29H2,1,3-9H3,(H,48,52)(H,53,54)/t31?,32?,33-,34-,36-,37-,38?,40+,45-,46-,47-/m0/s1. The van der Waals surface area contributed by atoms with E-state index in [4.69, 9.17) is 4.74 Å². The zero-order valence-electron chi connectivity index (χ0n) is 35.8. The second-order valence-electron chi connectivity index (χ2n) is 21.6. The largest absolute Gasteiger partial charge is 0.481 e. The number of nitrogens with one attached hydrogen (secondary N) is 1. The van der Waals surface area contributed by atoms with Gasteiger partial charge in [-0.2, -0.15) is 0 Å². The van der Waals surface area contributed by atoms with E-state index < -0.39 is 17.4 Å². The number of rotatable bonds is 10. The van der Waals surface area contributed by atoms with Crippen molar-refractivity contribution in [1.82, 2.24) is 15.1 Å². The van der Waals surface area contributed by atoms with Crippen molar-refractivity contribution in [2.24, 2.45) is 62.6 Å². The molecule has 2 N–H and O–H groups in total. The maximum absolute atomic E-state index is 14.8. The van der Waals surface area contributed by atoms with E-state index in [0.29, 0.717) is 47.5 Å². The van der Waals surface area contributed by atoms with E-state index in [0.717, 1.165) is 70.8 Å². The number of hydrogen-bond acceptors (Lipinski definition) is 6. The van der Waals surface area contributed by atoms with Gasteiger partial charge in [-0.3, -0.25) is 14.4 Å². The van der Waals surface area contributed by atoms with Gasteiger partial charge in [-0.05, 0) is 151 Å². The van der Waals surface area contributed by atoms with Crippen molar-refractivity contribution < 1.29 is 24.2 Å². The van der Waals surface area contributed by atoms with Crippen molar-refractivity contribution >= 4 is 17.8 Å². The van der Waals surface area contributed by atoms with Gasteiger partial charge in [0.05, 0.1) is 17.3 Å². The molecule has 308 valence electrons. The number of carboxylic acid groups (broad SMARTS) is 1. The molecule has 1 heterocycles. The van der Waals surface area contributed by atoms with Gasteiger partial charge in [-0.1, -0.05) is 58.4 Å². The van der Waals surface area contributed by atoms with Crippen molar-refractivity contribution in [3.63, 3.8) is 0 Å². The molecule has 0 spiro atoms. The molecular formula is C47H75N3O5. The minimum absolute atomic E-state index is 0.0887. The molecule has 0 radical (unpaired) electrons. The first kappa shape index (κ1) is 41.0. The molecule has 0 aromatic rings. The molecule has 55 heavy (non-hydrogen) atoms. The van der Waals surface area contributed by atoms with Crippen LogP contribution >= 0.6 is 0 Å². The van der Waals surface area contributed by atoms with Gasteiger partial charge in [-0.15, -0.1) is 0 Å². The summed E-state index contributed by atoms with van der Waals surface area (Å²) in [6.07, 6.45) is 15.0. The molecule has 8 heteroatoms. The highest BCUT2D eigenvalue weighted by Crippen LogP contribution is 2.72. The third kappa shape index (κ3) is 7.07. The number of carbonyl (C=O) groups excluding carboxylic acids is 2. The first-order valence-electron chi connectivity index (χ1n) is 22.4. The SMILES string of the molecule is C=C(C)[C@@H]1CC[C@]2(C(=O)NC3CCC(CN4CCN(CC)CC4)C3)CC=C3[C@H](CC[C@@H]4[C@@]5(C)CCC(OC(=O)CC(C)(C)C(=O)O)C(C)(C)[C@@H]5CC[C@@]34C)[C@@H]12. The van der Waals surface area contributed by atoms with Crippen LogP contribution in [0.3, 0.4) is 0 Å². The minimum Gasteiger partial charge on any atom is -0.481 e. The van der Waals surface area contributed by atoms with E-state index in [1.807, 2.05) is 0 Å². The Bertz CT molecular complexity index is 1540. The summed E-state index contributed by atoms with van der Waals surface area (Å²) in [7, 11) is 0. The number of allylic oxidation sites excluding steroid dienone is 3. The van der Waals surface area contributed by atoms with E-state index in [-0.39, 0.29) is 34.2 Å². The zero-order valence-corrected chi connectivity index (χ0v) is 35.8. The fourth-order valence-electron chi connectivity index (χ4n) is 14.7. The number of esters is 1. The van der Waals surface area contributed by atoms with Gasteiger partial charge in [0.25, 0.3) is 0 Å². The highest BCUT2D eigenvalue weighted by atomic mass is 16.5. The normalized spacial score (nSPS) is 41.6. The smallest absolute Gasteiger partial charge is 0.309 e. The molecule has 0 bridgehead atoms. The van der Waals surface area contributed by atoms with Crippen molar-refractivity contribution in [1.29, 1.82) is 0 Å². The second-order valence-corrected chi connectivity index (χ2v) is 21.6. The van der Waals surface area contributed by atoms with Gasteiger partial charge in [0.2, 0.25) is 5.91 Å². The third-order valence-corrected chi connectivity index (χ3v) is 17.7. The van der Waals surface area contributed by atoms with Gasteiger partial charge in [0.15, 0.2) is 0 Å². The summed E-state index contributed by atoms with van der Waals surface area (Å²) in [5.74, 6) is 1.73. The van der Waals surface area contributed by atoms with Crippen molar-refractivity contribution in [2.45, 2.75) is 151 Å². The molecule has 0 aromatic carbocycles. The maximum Gasteiger partial charge on any atom is 0.309 e. The minimum atomic E-state index is -1.14. The van der Waals surface area contributed by atoms with Gasteiger partial charge in [0, 0.05) is 44.2 Å². The Balaban J connectivity index is 1.06. The lowest BCUT2D eigenvalue weighted by Gasteiger charge is -2.67. The van der Waals surface area contributed by atoms with Crippen LogP contribution < -0.4 is 5.32 Å². The topological polar surface area (TPSA) is 99.2 Å². The Kier molecular flexibility index (Phi) is 11.1. The third-order valence-electron chi connectivity index (χ3n) is 17.7. The first-order chi connectivity index (χ1) is 25.9. The molecule has 1 amide bonds. The Morgan fingerprint density at radius 3 is 2.31 bits per heavy atom. The van der Waals surface area contributed by atoms with Crippen LogP contribution in [0.4, 0.5) is 0 Å². The number of carboxylic acids is 1. The fourth-order valence-corrected chi connectivity index (χ4v) is 14.7. The maximum atomic E-state index is 14.8. The fraction of sp³-hybridized carbons (Fsp3) is 0.851. The number of aliphatic carboxylic acids is 1. The van der Waals surface area contributed by atoms with Gasteiger partial charge < -0.3 is 25.0 Å². The molecule has 1 saturated heterocycles. The summed E-state index contributed by atoms with van der Waals surface area (Å²) >= 11 is 0. The average Bonchev–Trinajstić information content (AvgIpc) is 3.74. The molecule has 5 saturated carbocycles. The molecule has 1 aliphatic heterocycles. The molecule has 7 aliphatic rings. The highest BCUT2D eigenvalue weighted by molar-refractivity contribution is 5.84. The molecule has 3 unspecified atom stereocenters. The molecule has 11 atom stereocenters. The first-order valence-corrected chi connectivity index (χ1v) is 22.4. The average molecular weight is 762 g/mol. The lowest BCUT2D eigenvalue weighted by Crippen LogP contribution is -2.62. The second kappa shape index (κ2) is 14.9.